The van der Waals surface area contributed by atoms with Gasteiger partial charge in [-0.3, -0.25) is 4.79 Å². The quantitative estimate of drug-likeness (QED) is 0.506. The first-order valence-electron chi connectivity index (χ1n) is 7.67. The lowest BCUT2D eigenvalue weighted by Crippen LogP contribution is -2.02. The van der Waals surface area contributed by atoms with Crippen molar-refractivity contribution in [3.8, 4) is 11.5 Å². The number of carbonyl (C=O) groups excluding carboxylic acids is 1. The Hall–Kier alpha value is -2.37. The Morgan fingerprint density at radius 1 is 1.09 bits per heavy atom. The summed E-state index contributed by atoms with van der Waals surface area (Å²) in [4.78, 5) is 10.8. The van der Waals surface area contributed by atoms with Crippen molar-refractivity contribution in [2.75, 3.05) is 13.2 Å². The van der Waals surface area contributed by atoms with Crippen molar-refractivity contribution in [3.63, 3.8) is 0 Å². The second-order valence-electron chi connectivity index (χ2n) is 5.27. The minimum atomic E-state index is 0.273. The smallest absolute Gasteiger partial charge is 0.185 e. The third-order valence-corrected chi connectivity index (χ3v) is 3.65. The molecule has 2 N–H and O–H groups in total. The van der Waals surface area contributed by atoms with Gasteiger partial charge in [0.2, 0.25) is 0 Å². The molecule has 0 aliphatic heterocycles. The molecule has 0 saturated carbocycles. The third kappa shape index (κ3) is 3.36. The van der Waals surface area contributed by atoms with E-state index >= 15 is 0 Å². The molecule has 0 unspecified atom stereocenters. The molecular weight excluding hydrogens is 294 g/mol. The van der Waals surface area contributed by atoms with E-state index in [-0.39, 0.29) is 5.76 Å². The summed E-state index contributed by atoms with van der Waals surface area (Å²) in [5.74, 6) is 1.41. The van der Waals surface area contributed by atoms with Gasteiger partial charge in [0.15, 0.2) is 23.6 Å². The average molecular weight is 313 g/mol. The molecule has 0 amide bonds. The molecule has 0 saturated heterocycles. The summed E-state index contributed by atoms with van der Waals surface area (Å²) < 4.78 is 17.2. The number of ether oxygens (including phenoxy) is 1. The first kappa shape index (κ1) is 15.5. The number of hydrogen-bond donors (Lipinski definition) is 1. The van der Waals surface area contributed by atoms with Crippen LogP contribution in [0.1, 0.15) is 29.0 Å². The fourth-order valence-electron chi connectivity index (χ4n) is 2.50. The molecule has 120 valence electrons. The van der Waals surface area contributed by atoms with E-state index < -0.39 is 0 Å². The molecule has 0 spiro atoms. The molecule has 0 aliphatic carbocycles. The van der Waals surface area contributed by atoms with Crippen LogP contribution < -0.4 is 5.73 Å². The van der Waals surface area contributed by atoms with Gasteiger partial charge in [-0.1, -0.05) is 18.2 Å². The van der Waals surface area contributed by atoms with Gasteiger partial charge < -0.3 is 19.3 Å². The SMILES string of the molecule is NCCCCOCc1c(-c2ccc(C=O)o2)oc2ccccc12. The molecule has 3 rings (SSSR count). The van der Waals surface area contributed by atoms with Crippen molar-refractivity contribution in [2.24, 2.45) is 5.73 Å². The number of unbranched alkanes of at least 4 members (excludes halogenated alkanes) is 1. The number of para-hydroxylation sites is 1. The maximum Gasteiger partial charge on any atom is 0.185 e. The van der Waals surface area contributed by atoms with E-state index in [2.05, 4.69) is 0 Å². The molecule has 2 heterocycles. The monoisotopic (exact) mass is 313 g/mol. The van der Waals surface area contributed by atoms with E-state index in [1.807, 2.05) is 24.3 Å². The largest absolute Gasteiger partial charge is 0.452 e. The number of nitrogens with two attached hydrogens (primary N) is 1. The fraction of sp³-hybridized carbons (Fsp3) is 0.278. The molecule has 0 fully saturated rings. The van der Waals surface area contributed by atoms with Crippen LogP contribution in [-0.2, 0) is 11.3 Å². The van der Waals surface area contributed by atoms with Crippen molar-refractivity contribution >= 4 is 17.3 Å². The number of fused-ring (bicyclic) bond motifs is 1. The van der Waals surface area contributed by atoms with Crippen LogP contribution >= 0.6 is 0 Å². The molecule has 0 radical (unpaired) electrons. The van der Waals surface area contributed by atoms with E-state index in [1.54, 1.807) is 12.1 Å². The van der Waals surface area contributed by atoms with Gasteiger partial charge in [-0.25, -0.2) is 0 Å². The lowest BCUT2D eigenvalue weighted by molar-refractivity contribution is 0.110. The average Bonchev–Trinajstić information content (AvgIpc) is 3.19. The molecule has 5 heteroatoms. The Labute approximate surface area is 134 Å². The second kappa shape index (κ2) is 7.26. The van der Waals surface area contributed by atoms with Gasteiger partial charge in [-0.05, 0) is 37.6 Å². The standard InChI is InChI=1S/C18H19NO4/c19-9-3-4-10-21-12-15-14-5-1-2-6-16(14)23-18(15)17-8-7-13(11-20)22-17/h1-2,5-8,11H,3-4,9-10,12,19H2. The number of benzene rings is 1. The Kier molecular flexibility index (Phi) is 4.90. The van der Waals surface area contributed by atoms with Crippen LogP contribution in [-0.4, -0.2) is 19.4 Å². The number of furan rings is 2. The third-order valence-electron chi connectivity index (χ3n) is 3.65. The van der Waals surface area contributed by atoms with Crippen LogP contribution in [0.4, 0.5) is 0 Å². The molecule has 1 aromatic carbocycles. The summed E-state index contributed by atoms with van der Waals surface area (Å²) in [6.07, 6.45) is 2.55. The molecular formula is C18H19NO4. The van der Waals surface area contributed by atoms with Crippen LogP contribution in [0.25, 0.3) is 22.5 Å². The highest BCUT2D eigenvalue weighted by Crippen LogP contribution is 2.34. The Morgan fingerprint density at radius 3 is 2.74 bits per heavy atom. The van der Waals surface area contributed by atoms with E-state index in [0.717, 1.165) is 29.4 Å². The Balaban J connectivity index is 1.89. The summed E-state index contributed by atoms with van der Waals surface area (Å²) >= 11 is 0. The van der Waals surface area contributed by atoms with Crippen molar-refractivity contribution in [3.05, 3.63) is 47.7 Å². The van der Waals surface area contributed by atoms with Gasteiger partial charge in [0, 0.05) is 17.6 Å². The summed E-state index contributed by atoms with van der Waals surface area (Å²) in [5, 5.41) is 0.991. The van der Waals surface area contributed by atoms with Gasteiger partial charge in [-0.15, -0.1) is 0 Å². The highest BCUT2D eigenvalue weighted by Gasteiger charge is 2.18. The lowest BCUT2D eigenvalue weighted by Gasteiger charge is -2.04. The highest BCUT2D eigenvalue weighted by atomic mass is 16.5. The van der Waals surface area contributed by atoms with Gasteiger partial charge in [0.25, 0.3) is 0 Å². The summed E-state index contributed by atoms with van der Waals surface area (Å²) in [7, 11) is 0. The molecule has 0 atom stereocenters. The molecule has 3 aromatic rings. The van der Waals surface area contributed by atoms with E-state index in [4.69, 9.17) is 19.3 Å². The summed E-state index contributed by atoms with van der Waals surface area (Å²) in [6.45, 7) is 1.74. The van der Waals surface area contributed by atoms with E-state index in [1.165, 1.54) is 0 Å². The fourth-order valence-corrected chi connectivity index (χ4v) is 2.50. The topological polar surface area (TPSA) is 78.6 Å². The number of rotatable bonds is 8. The van der Waals surface area contributed by atoms with Crippen LogP contribution in [0.15, 0.2) is 45.2 Å². The van der Waals surface area contributed by atoms with Gasteiger partial charge in [-0.2, -0.15) is 0 Å². The minimum absolute atomic E-state index is 0.273. The van der Waals surface area contributed by atoms with Crippen LogP contribution in [0.3, 0.4) is 0 Å². The number of aldehydes is 1. The lowest BCUT2D eigenvalue weighted by atomic mass is 10.1. The van der Waals surface area contributed by atoms with Crippen molar-refractivity contribution < 1.29 is 18.4 Å². The molecule has 23 heavy (non-hydrogen) atoms. The van der Waals surface area contributed by atoms with Crippen LogP contribution in [0.2, 0.25) is 0 Å². The first-order chi connectivity index (χ1) is 11.3. The van der Waals surface area contributed by atoms with Crippen molar-refractivity contribution in [1.29, 1.82) is 0 Å². The molecule has 2 aromatic heterocycles. The van der Waals surface area contributed by atoms with Gasteiger partial charge >= 0.3 is 0 Å². The highest BCUT2D eigenvalue weighted by molar-refractivity contribution is 5.87. The first-order valence-corrected chi connectivity index (χ1v) is 7.67. The maximum atomic E-state index is 10.8. The minimum Gasteiger partial charge on any atom is -0.452 e. The predicted molar refractivity (Wildman–Crippen MR) is 87.2 cm³/mol. The van der Waals surface area contributed by atoms with Crippen molar-refractivity contribution in [2.45, 2.75) is 19.4 Å². The molecule has 5 nitrogen and oxygen atoms in total. The maximum absolute atomic E-state index is 10.8. The zero-order valence-corrected chi connectivity index (χ0v) is 12.8. The van der Waals surface area contributed by atoms with E-state index in [9.17, 15) is 4.79 Å². The summed E-state index contributed by atoms with van der Waals surface area (Å²) in [6, 6.07) is 11.1. The van der Waals surface area contributed by atoms with Gasteiger partial charge in [0.05, 0.1) is 6.61 Å². The van der Waals surface area contributed by atoms with Gasteiger partial charge in [0.1, 0.15) is 5.58 Å². The van der Waals surface area contributed by atoms with Crippen LogP contribution in [0, 0.1) is 0 Å². The van der Waals surface area contributed by atoms with Crippen LogP contribution in [0.5, 0.6) is 0 Å². The summed E-state index contributed by atoms with van der Waals surface area (Å²) in [5.41, 5.74) is 7.19. The number of hydrogen-bond acceptors (Lipinski definition) is 5. The molecule has 0 bridgehead atoms. The normalized spacial score (nSPS) is 11.2. The zero-order valence-electron chi connectivity index (χ0n) is 12.8. The Morgan fingerprint density at radius 2 is 1.96 bits per heavy atom. The molecule has 0 aliphatic rings. The predicted octanol–water partition coefficient (Wildman–Crippen LogP) is 3.76. The second-order valence-corrected chi connectivity index (χ2v) is 5.27. The zero-order chi connectivity index (χ0) is 16.1. The van der Waals surface area contributed by atoms with Crippen molar-refractivity contribution in [1.82, 2.24) is 0 Å². The number of carbonyl (C=O) groups is 1. The van der Waals surface area contributed by atoms with E-state index in [0.29, 0.717) is 37.6 Å². The Bertz CT molecular complexity index is 787.